The zero-order chi connectivity index (χ0) is 30.7. The number of rotatable bonds is 3. The number of amides is 4. The van der Waals surface area contributed by atoms with E-state index in [0.717, 1.165) is 22.4 Å². The van der Waals surface area contributed by atoms with Crippen molar-refractivity contribution in [3.05, 3.63) is 77.6 Å². The molecule has 2 aliphatic heterocycles. The normalized spacial score (nSPS) is 22.0. The molecule has 0 unspecified atom stereocenters. The predicted octanol–water partition coefficient (Wildman–Crippen LogP) is 2.30. The summed E-state index contributed by atoms with van der Waals surface area (Å²) in [7, 11) is 2.98. The Morgan fingerprint density at radius 1 is 1.02 bits per heavy atom. The van der Waals surface area contributed by atoms with Crippen molar-refractivity contribution in [2.45, 2.75) is 43.9 Å². The van der Waals surface area contributed by atoms with Crippen LogP contribution in [0.4, 0.5) is 4.39 Å². The van der Waals surface area contributed by atoms with Gasteiger partial charge in [0, 0.05) is 39.6 Å². The van der Waals surface area contributed by atoms with Crippen molar-refractivity contribution < 1.29 is 28.3 Å². The number of halogens is 1. The Balaban J connectivity index is 1.41. The molecule has 3 aromatic rings. The highest BCUT2D eigenvalue weighted by Crippen LogP contribution is 2.26. The van der Waals surface area contributed by atoms with E-state index in [1.807, 2.05) is 42.5 Å². The minimum Gasteiger partial charge on any atom is -0.491 e. The summed E-state index contributed by atoms with van der Waals surface area (Å²) in [5.74, 6) is -2.23. The lowest BCUT2D eigenvalue weighted by Crippen LogP contribution is -2.48. The molecule has 0 bridgehead atoms. The van der Waals surface area contributed by atoms with E-state index < -0.39 is 23.7 Å². The Kier molecular flexibility index (Phi) is 8.91. The number of hydrogen-bond acceptors (Lipinski definition) is 6. The maximum atomic E-state index is 14.4. The van der Waals surface area contributed by atoms with Gasteiger partial charge in [0.15, 0.2) is 0 Å². The molecule has 226 valence electrons. The molecule has 0 aliphatic carbocycles. The number of carbonyl (C=O) groups is 4. The zero-order valence-corrected chi connectivity index (χ0v) is 24.3. The monoisotopic (exact) mass is 589 g/mol. The van der Waals surface area contributed by atoms with Crippen LogP contribution in [0.1, 0.15) is 35.2 Å². The molecule has 2 heterocycles. The number of nitrogens with zero attached hydrogens (tertiary/aromatic N) is 3. The van der Waals surface area contributed by atoms with E-state index in [1.165, 1.54) is 36.0 Å². The fourth-order valence-corrected chi connectivity index (χ4v) is 5.72. The predicted molar refractivity (Wildman–Crippen MR) is 159 cm³/mol. The van der Waals surface area contributed by atoms with Crippen molar-refractivity contribution in [1.29, 1.82) is 0 Å². The maximum Gasteiger partial charge on any atom is 0.258 e. The molecule has 1 fully saturated rings. The average molecular weight is 590 g/mol. The summed E-state index contributed by atoms with van der Waals surface area (Å²) in [5.41, 5.74) is 6.94. The molecule has 43 heavy (non-hydrogen) atoms. The van der Waals surface area contributed by atoms with Crippen LogP contribution in [0.5, 0.6) is 5.75 Å². The number of likely N-dealkylation sites (N-methyl/N-ethyl adjacent to an activating group) is 2. The van der Waals surface area contributed by atoms with Crippen LogP contribution in [0, 0.1) is 5.82 Å². The van der Waals surface area contributed by atoms with Gasteiger partial charge >= 0.3 is 0 Å². The Morgan fingerprint density at radius 2 is 1.79 bits per heavy atom. The largest absolute Gasteiger partial charge is 0.491 e. The third-order valence-corrected chi connectivity index (χ3v) is 8.17. The minimum absolute atomic E-state index is 0.00806. The third-order valence-electron chi connectivity index (χ3n) is 8.17. The first-order chi connectivity index (χ1) is 20.6. The Bertz CT molecular complexity index is 1550. The lowest BCUT2D eigenvalue weighted by Gasteiger charge is -2.28. The standard InChI is InChI=1S/C32H36FN5O5/c1-36-18-30(40)38-17-24(34)15-25(38)19-43-28-11-9-23(33)14-26(28)32(42)37(2)27(10-12-29(36)39)31(41)35-16-20-7-8-21-5-3-4-6-22(21)13-20/h3-9,11,13-14,24-25,27H,10,12,15-19,34H2,1-2H3,(H,35,41)/t24-,25+,27+/m1/s1. The van der Waals surface area contributed by atoms with Gasteiger partial charge in [-0.2, -0.15) is 0 Å². The second-order valence-electron chi connectivity index (χ2n) is 11.3. The number of hydrogen-bond donors (Lipinski definition) is 2. The Morgan fingerprint density at radius 3 is 2.58 bits per heavy atom. The van der Waals surface area contributed by atoms with E-state index in [1.54, 1.807) is 4.90 Å². The van der Waals surface area contributed by atoms with Crippen LogP contribution >= 0.6 is 0 Å². The molecule has 0 aromatic heterocycles. The lowest BCUT2D eigenvalue weighted by atomic mass is 10.0. The van der Waals surface area contributed by atoms with Crippen LogP contribution in [0.2, 0.25) is 0 Å². The molecule has 3 aromatic carbocycles. The average Bonchev–Trinajstić information content (AvgIpc) is 3.38. The number of fused-ring (bicyclic) bond motifs is 3. The summed E-state index contributed by atoms with van der Waals surface area (Å²) in [6.07, 6.45) is 0.379. The van der Waals surface area contributed by atoms with Gasteiger partial charge in [-0.05, 0) is 53.4 Å². The van der Waals surface area contributed by atoms with Gasteiger partial charge in [-0.25, -0.2) is 4.39 Å². The van der Waals surface area contributed by atoms with Crippen LogP contribution in [0.15, 0.2) is 60.7 Å². The lowest BCUT2D eigenvalue weighted by molar-refractivity contribution is -0.140. The van der Waals surface area contributed by atoms with Gasteiger partial charge in [0.1, 0.15) is 24.2 Å². The molecule has 2 aliphatic rings. The molecule has 0 spiro atoms. The van der Waals surface area contributed by atoms with Gasteiger partial charge in [-0.3, -0.25) is 19.2 Å². The van der Waals surface area contributed by atoms with Gasteiger partial charge < -0.3 is 30.5 Å². The molecule has 0 saturated carbocycles. The SMILES string of the molecule is CN1CC(=O)N2C[C@H](N)C[C@H]2COc2ccc(F)cc2C(=O)N(C)[C@H](C(=O)NCc2ccc3ccccc3c2)CCC1=O. The van der Waals surface area contributed by atoms with E-state index in [4.69, 9.17) is 10.5 Å². The molecule has 1 saturated heterocycles. The molecule has 0 radical (unpaired) electrons. The van der Waals surface area contributed by atoms with E-state index >= 15 is 0 Å². The van der Waals surface area contributed by atoms with E-state index in [-0.39, 0.29) is 67.7 Å². The van der Waals surface area contributed by atoms with Crippen LogP contribution in [-0.2, 0) is 20.9 Å². The number of ether oxygens (including phenoxy) is 1. The number of nitrogens with two attached hydrogens (primary N) is 1. The van der Waals surface area contributed by atoms with Crippen molar-refractivity contribution in [3.63, 3.8) is 0 Å². The van der Waals surface area contributed by atoms with E-state index in [9.17, 15) is 23.6 Å². The van der Waals surface area contributed by atoms with Gasteiger partial charge in [0.2, 0.25) is 17.7 Å². The molecule has 4 amide bonds. The Hall–Kier alpha value is -4.51. The summed E-state index contributed by atoms with van der Waals surface area (Å²) < 4.78 is 20.4. The van der Waals surface area contributed by atoms with Crippen molar-refractivity contribution in [3.8, 4) is 5.75 Å². The summed E-state index contributed by atoms with van der Waals surface area (Å²) in [6, 6.07) is 15.7. The summed E-state index contributed by atoms with van der Waals surface area (Å²) >= 11 is 0. The zero-order valence-electron chi connectivity index (χ0n) is 24.3. The van der Waals surface area contributed by atoms with E-state index in [0.29, 0.717) is 13.0 Å². The second kappa shape index (κ2) is 12.8. The van der Waals surface area contributed by atoms with Crippen LogP contribution < -0.4 is 15.8 Å². The highest BCUT2D eigenvalue weighted by molar-refractivity contribution is 5.99. The first-order valence-electron chi connectivity index (χ1n) is 14.3. The number of carbonyl (C=O) groups excluding carboxylic acids is 4. The van der Waals surface area contributed by atoms with Crippen molar-refractivity contribution in [1.82, 2.24) is 20.0 Å². The first kappa shape index (κ1) is 30.0. The van der Waals surface area contributed by atoms with E-state index in [2.05, 4.69) is 5.32 Å². The molecule has 11 heteroatoms. The molecule has 3 atom stereocenters. The highest BCUT2D eigenvalue weighted by atomic mass is 19.1. The molecular formula is C32H36FN5O5. The molecule has 3 N–H and O–H groups in total. The summed E-state index contributed by atoms with van der Waals surface area (Å²) in [6.45, 7) is 0.393. The van der Waals surface area contributed by atoms with Crippen molar-refractivity contribution in [2.24, 2.45) is 5.73 Å². The van der Waals surface area contributed by atoms with Crippen LogP contribution in [-0.4, -0.2) is 90.2 Å². The molecule has 10 nitrogen and oxygen atoms in total. The van der Waals surface area contributed by atoms with Crippen molar-refractivity contribution in [2.75, 3.05) is 33.8 Å². The molecular weight excluding hydrogens is 553 g/mol. The van der Waals surface area contributed by atoms with Crippen molar-refractivity contribution >= 4 is 34.4 Å². The fraction of sp³-hybridized carbons (Fsp3) is 0.375. The van der Waals surface area contributed by atoms with Gasteiger partial charge in [0.05, 0.1) is 18.2 Å². The fourth-order valence-electron chi connectivity index (χ4n) is 5.72. The summed E-state index contributed by atoms with van der Waals surface area (Å²) in [5, 5.41) is 4.99. The van der Waals surface area contributed by atoms with Crippen LogP contribution in [0.3, 0.4) is 0 Å². The second-order valence-corrected chi connectivity index (χ2v) is 11.3. The van der Waals surface area contributed by atoms with Gasteiger partial charge in [0.25, 0.3) is 5.91 Å². The smallest absolute Gasteiger partial charge is 0.258 e. The quantitative estimate of drug-likeness (QED) is 0.483. The molecule has 5 rings (SSSR count). The summed E-state index contributed by atoms with van der Waals surface area (Å²) in [4.78, 5) is 57.7. The van der Waals surface area contributed by atoms with Gasteiger partial charge in [-0.1, -0.05) is 36.4 Å². The van der Waals surface area contributed by atoms with Crippen LogP contribution in [0.25, 0.3) is 10.8 Å². The third kappa shape index (κ3) is 6.77. The highest BCUT2D eigenvalue weighted by Gasteiger charge is 2.36. The number of benzene rings is 3. The van der Waals surface area contributed by atoms with Gasteiger partial charge in [-0.15, -0.1) is 0 Å². The maximum absolute atomic E-state index is 14.4. The number of nitrogens with one attached hydrogen (secondary N) is 1. The first-order valence-corrected chi connectivity index (χ1v) is 14.3. The minimum atomic E-state index is -1.05. The Labute approximate surface area is 249 Å². The topological polar surface area (TPSA) is 125 Å².